The third kappa shape index (κ3) is 4.16. The third-order valence-corrected chi connectivity index (χ3v) is 3.04. The summed E-state index contributed by atoms with van der Waals surface area (Å²) in [7, 11) is 0. The highest BCUT2D eigenvalue weighted by Crippen LogP contribution is 2.13. The molecule has 2 aromatic rings. The van der Waals surface area contributed by atoms with Crippen molar-refractivity contribution in [2.75, 3.05) is 13.1 Å². The maximum Gasteiger partial charge on any atom is 0.287 e. The summed E-state index contributed by atoms with van der Waals surface area (Å²) in [6.07, 6.45) is 0. The predicted octanol–water partition coefficient (Wildman–Crippen LogP) is 2.34. The van der Waals surface area contributed by atoms with Crippen LogP contribution in [0.2, 0.25) is 0 Å². The molecule has 2 amide bonds. The molecule has 0 fully saturated rings. The number of carbonyl (C=O) groups is 2. The van der Waals surface area contributed by atoms with E-state index in [0.717, 1.165) is 0 Å². The van der Waals surface area contributed by atoms with Gasteiger partial charge in [0.2, 0.25) is 0 Å². The minimum atomic E-state index is -0.584. The van der Waals surface area contributed by atoms with Crippen molar-refractivity contribution in [2.45, 2.75) is 0 Å². The molecule has 0 aliphatic carbocycles. The zero-order valence-electron chi connectivity index (χ0n) is 10.9. The number of furan rings is 1. The fourth-order valence-electron chi connectivity index (χ4n) is 1.62. The Morgan fingerprint density at radius 3 is 2.33 bits per heavy atom. The van der Waals surface area contributed by atoms with E-state index in [1.807, 2.05) is 0 Å². The molecule has 1 aromatic heterocycles. The van der Waals surface area contributed by atoms with E-state index in [1.165, 1.54) is 24.3 Å². The molecule has 0 spiro atoms. The van der Waals surface area contributed by atoms with Gasteiger partial charge in [-0.2, -0.15) is 0 Å². The van der Waals surface area contributed by atoms with Crippen LogP contribution in [0, 0.1) is 5.82 Å². The highest BCUT2D eigenvalue weighted by Gasteiger charge is 2.11. The summed E-state index contributed by atoms with van der Waals surface area (Å²) in [4.78, 5) is 23.3. The lowest BCUT2D eigenvalue weighted by molar-refractivity contribution is 0.0908. The zero-order valence-corrected chi connectivity index (χ0v) is 12.4. The molecule has 1 aromatic carbocycles. The lowest BCUT2D eigenvalue weighted by Crippen LogP contribution is -2.34. The summed E-state index contributed by atoms with van der Waals surface area (Å²) < 4.78 is 18.9. The Hall–Kier alpha value is -2.15. The van der Waals surface area contributed by atoms with E-state index in [0.29, 0.717) is 4.67 Å². The minimum absolute atomic E-state index is 0.0289. The van der Waals surface area contributed by atoms with Crippen LogP contribution in [0.3, 0.4) is 0 Å². The first-order chi connectivity index (χ1) is 10.1. The Morgan fingerprint density at radius 2 is 1.71 bits per heavy atom. The number of carbonyl (C=O) groups excluding carboxylic acids is 2. The number of halogens is 2. The second kappa shape index (κ2) is 7.03. The van der Waals surface area contributed by atoms with E-state index >= 15 is 0 Å². The molecule has 110 valence electrons. The summed E-state index contributed by atoms with van der Waals surface area (Å²) in [6.45, 7) is 0.387. The smallest absolute Gasteiger partial charge is 0.287 e. The lowest BCUT2D eigenvalue weighted by Gasteiger charge is -2.06. The number of hydrogen-bond donors (Lipinski definition) is 2. The number of hydrogen-bond acceptors (Lipinski definition) is 3. The van der Waals surface area contributed by atoms with Crippen molar-refractivity contribution < 1.29 is 18.4 Å². The van der Waals surface area contributed by atoms with Crippen LogP contribution in [0.4, 0.5) is 4.39 Å². The second-order valence-electron chi connectivity index (χ2n) is 4.10. The van der Waals surface area contributed by atoms with Gasteiger partial charge in [0.1, 0.15) is 5.82 Å². The second-order valence-corrected chi connectivity index (χ2v) is 4.88. The molecule has 0 aliphatic rings. The van der Waals surface area contributed by atoms with Crippen molar-refractivity contribution in [3.05, 3.63) is 58.2 Å². The van der Waals surface area contributed by atoms with E-state index in [9.17, 15) is 14.0 Å². The summed E-state index contributed by atoms with van der Waals surface area (Å²) in [5.74, 6) is -1.33. The molecule has 0 bridgehead atoms. The van der Waals surface area contributed by atoms with Crippen LogP contribution >= 0.6 is 15.9 Å². The van der Waals surface area contributed by atoms with Crippen molar-refractivity contribution in [3.63, 3.8) is 0 Å². The Labute approximate surface area is 128 Å². The summed E-state index contributed by atoms with van der Waals surface area (Å²) in [6, 6.07) is 8.82. The van der Waals surface area contributed by atoms with E-state index in [1.54, 1.807) is 12.1 Å². The zero-order chi connectivity index (χ0) is 15.2. The van der Waals surface area contributed by atoms with Gasteiger partial charge in [0.15, 0.2) is 10.4 Å². The molecule has 2 N–H and O–H groups in total. The van der Waals surface area contributed by atoms with Gasteiger partial charge in [0.25, 0.3) is 11.8 Å². The fourth-order valence-corrected chi connectivity index (χ4v) is 1.92. The van der Waals surface area contributed by atoms with Crippen LogP contribution in [0.5, 0.6) is 0 Å². The van der Waals surface area contributed by atoms with Crippen molar-refractivity contribution in [2.24, 2.45) is 0 Å². The Balaban J connectivity index is 1.76. The quantitative estimate of drug-likeness (QED) is 0.809. The first kappa shape index (κ1) is 15.2. The Bertz CT molecular complexity index is 657. The number of nitrogens with one attached hydrogen (secondary N) is 2. The summed E-state index contributed by atoms with van der Waals surface area (Å²) in [5, 5.41) is 5.09. The molecule has 2 rings (SSSR count). The van der Waals surface area contributed by atoms with Gasteiger partial charge < -0.3 is 15.1 Å². The maximum absolute atomic E-state index is 13.4. The largest absolute Gasteiger partial charge is 0.444 e. The molecule has 21 heavy (non-hydrogen) atoms. The minimum Gasteiger partial charge on any atom is -0.444 e. The van der Waals surface area contributed by atoms with Crippen molar-refractivity contribution >= 4 is 27.7 Å². The monoisotopic (exact) mass is 354 g/mol. The van der Waals surface area contributed by atoms with Crippen LogP contribution in [0.15, 0.2) is 45.5 Å². The SMILES string of the molecule is O=C(NCCNC(=O)c1ccccc1F)c1ccc(Br)o1. The lowest BCUT2D eigenvalue weighted by atomic mass is 10.2. The average Bonchev–Trinajstić information content (AvgIpc) is 2.90. The highest BCUT2D eigenvalue weighted by molar-refractivity contribution is 9.10. The van der Waals surface area contributed by atoms with Crippen LogP contribution in [0.25, 0.3) is 0 Å². The van der Waals surface area contributed by atoms with Gasteiger partial charge >= 0.3 is 0 Å². The van der Waals surface area contributed by atoms with Crippen LogP contribution in [0.1, 0.15) is 20.9 Å². The Morgan fingerprint density at radius 1 is 1.05 bits per heavy atom. The molecular formula is C14H12BrFN2O3. The molecule has 5 nitrogen and oxygen atoms in total. The predicted molar refractivity (Wildman–Crippen MR) is 77.5 cm³/mol. The Kier molecular flexibility index (Phi) is 5.10. The average molecular weight is 355 g/mol. The van der Waals surface area contributed by atoms with Gasteiger partial charge in [-0.15, -0.1) is 0 Å². The third-order valence-electron chi connectivity index (χ3n) is 2.61. The van der Waals surface area contributed by atoms with Crippen LogP contribution in [-0.2, 0) is 0 Å². The topological polar surface area (TPSA) is 71.3 Å². The van der Waals surface area contributed by atoms with Crippen molar-refractivity contribution in [1.82, 2.24) is 10.6 Å². The molecule has 0 unspecified atom stereocenters. The van der Waals surface area contributed by atoms with Gasteiger partial charge in [-0.1, -0.05) is 12.1 Å². The first-order valence-corrected chi connectivity index (χ1v) is 6.93. The van der Waals surface area contributed by atoms with E-state index in [2.05, 4.69) is 26.6 Å². The van der Waals surface area contributed by atoms with Gasteiger partial charge in [-0.05, 0) is 40.2 Å². The number of benzene rings is 1. The van der Waals surface area contributed by atoms with Crippen LogP contribution in [-0.4, -0.2) is 24.9 Å². The number of amides is 2. The van der Waals surface area contributed by atoms with E-state index in [4.69, 9.17) is 4.42 Å². The van der Waals surface area contributed by atoms with E-state index in [-0.39, 0.29) is 30.3 Å². The summed E-state index contributed by atoms with van der Waals surface area (Å²) in [5.41, 5.74) is -0.0289. The molecule has 7 heteroatoms. The molecule has 0 radical (unpaired) electrons. The van der Waals surface area contributed by atoms with Crippen molar-refractivity contribution in [3.8, 4) is 0 Å². The number of rotatable bonds is 5. The molecule has 0 aliphatic heterocycles. The maximum atomic E-state index is 13.4. The first-order valence-electron chi connectivity index (χ1n) is 6.14. The summed E-state index contributed by atoms with van der Waals surface area (Å²) >= 11 is 3.09. The molecule has 0 saturated carbocycles. The van der Waals surface area contributed by atoms with Crippen molar-refractivity contribution in [1.29, 1.82) is 0 Å². The fraction of sp³-hybridized carbons (Fsp3) is 0.143. The molecule has 0 atom stereocenters. The molecule has 0 saturated heterocycles. The van der Waals surface area contributed by atoms with Gasteiger partial charge in [-0.3, -0.25) is 9.59 Å². The molecule has 1 heterocycles. The highest BCUT2D eigenvalue weighted by atomic mass is 79.9. The van der Waals surface area contributed by atoms with Gasteiger partial charge in [0, 0.05) is 13.1 Å². The van der Waals surface area contributed by atoms with Gasteiger partial charge in [0.05, 0.1) is 5.56 Å². The van der Waals surface area contributed by atoms with Crippen LogP contribution < -0.4 is 10.6 Å². The van der Waals surface area contributed by atoms with E-state index < -0.39 is 11.7 Å². The standard InChI is InChI=1S/C14H12BrFN2O3/c15-12-6-5-11(21-12)14(20)18-8-7-17-13(19)9-3-1-2-4-10(9)16/h1-6H,7-8H2,(H,17,19)(H,18,20). The van der Waals surface area contributed by atoms with Gasteiger partial charge in [-0.25, -0.2) is 4.39 Å². The molecular weight excluding hydrogens is 343 g/mol. The normalized spacial score (nSPS) is 10.2.